The molecule has 0 aliphatic carbocycles. The molecule has 0 saturated heterocycles. The molecule has 0 aliphatic heterocycles. The first kappa shape index (κ1) is 16.4. The second-order valence-corrected chi connectivity index (χ2v) is 4.82. The highest BCUT2D eigenvalue weighted by molar-refractivity contribution is 5.87. The van der Waals surface area contributed by atoms with Gasteiger partial charge in [-0.05, 0) is 20.8 Å². The van der Waals surface area contributed by atoms with Crippen LogP contribution in [-0.2, 0) is 19.1 Å². The third-order valence-electron chi connectivity index (χ3n) is 1.88. The highest BCUT2D eigenvalue weighted by Gasteiger charge is 2.24. The fourth-order valence-corrected chi connectivity index (χ4v) is 1.11. The van der Waals surface area contributed by atoms with Gasteiger partial charge in [-0.1, -0.05) is 6.92 Å². The van der Waals surface area contributed by atoms with E-state index in [1.165, 1.54) is 6.92 Å². The molecular weight excluding hydrogens is 238 g/mol. The predicted molar refractivity (Wildman–Crippen MR) is 65.1 cm³/mol. The van der Waals surface area contributed by atoms with Crippen LogP contribution in [0.3, 0.4) is 0 Å². The Balaban J connectivity index is 4.45. The van der Waals surface area contributed by atoms with Gasteiger partial charge < -0.3 is 14.8 Å². The smallest absolute Gasteiger partial charge is 0.408 e. The number of carbonyl (C=O) groups excluding carboxylic acids is 3. The first-order chi connectivity index (χ1) is 8.15. The first-order valence-electron chi connectivity index (χ1n) is 5.81. The molecule has 0 saturated carbocycles. The number of nitrogens with one attached hydrogen (secondary N) is 1. The molecule has 18 heavy (non-hydrogen) atoms. The average molecular weight is 259 g/mol. The van der Waals surface area contributed by atoms with Crippen LogP contribution >= 0.6 is 0 Å². The van der Waals surface area contributed by atoms with Crippen LogP contribution in [0.2, 0.25) is 0 Å². The van der Waals surface area contributed by atoms with Crippen LogP contribution in [-0.4, -0.2) is 36.1 Å². The number of Topliss-reactive ketones (excluding diaryl/α,β-unsaturated/α-hetero) is 1. The molecule has 1 amide bonds. The largest absolute Gasteiger partial charge is 0.463 e. The number of hydrogen-bond donors (Lipinski definition) is 1. The van der Waals surface area contributed by atoms with Crippen molar-refractivity contribution in [2.24, 2.45) is 0 Å². The fourth-order valence-electron chi connectivity index (χ4n) is 1.11. The van der Waals surface area contributed by atoms with Gasteiger partial charge in [0.15, 0.2) is 5.78 Å². The van der Waals surface area contributed by atoms with Crippen molar-refractivity contribution in [3.05, 3.63) is 0 Å². The Kier molecular flexibility index (Phi) is 6.36. The van der Waals surface area contributed by atoms with Gasteiger partial charge in [-0.3, -0.25) is 9.59 Å². The SMILES string of the molecule is CCC(=O)C(COC(C)=O)NC(=O)OC(C)(C)C. The molecule has 0 aromatic rings. The van der Waals surface area contributed by atoms with E-state index in [1.54, 1.807) is 27.7 Å². The van der Waals surface area contributed by atoms with E-state index < -0.39 is 23.7 Å². The number of esters is 1. The van der Waals surface area contributed by atoms with Crippen molar-refractivity contribution in [3.8, 4) is 0 Å². The lowest BCUT2D eigenvalue weighted by molar-refractivity contribution is -0.142. The van der Waals surface area contributed by atoms with Crippen LogP contribution in [0.15, 0.2) is 0 Å². The Labute approximate surface area is 107 Å². The molecule has 0 aromatic heterocycles. The molecule has 0 heterocycles. The zero-order chi connectivity index (χ0) is 14.3. The van der Waals surface area contributed by atoms with Crippen LogP contribution in [0.25, 0.3) is 0 Å². The molecule has 0 bridgehead atoms. The average Bonchev–Trinajstić information content (AvgIpc) is 2.20. The molecule has 0 aromatic carbocycles. The van der Waals surface area contributed by atoms with Gasteiger partial charge in [-0.15, -0.1) is 0 Å². The number of alkyl carbamates (subject to hydrolysis) is 1. The van der Waals surface area contributed by atoms with Crippen molar-refractivity contribution in [3.63, 3.8) is 0 Å². The summed E-state index contributed by atoms with van der Waals surface area (Å²) in [6.45, 7) is 7.88. The molecule has 1 atom stereocenters. The summed E-state index contributed by atoms with van der Waals surface area (Å²) in [6.07, 6.45) is -0.469. The first-order valence-corrected chi connectivity index (χ1v) is 5.81. The van der Waals surface area contributed by atoms with E-state index >= 15 is 0 Å². The van der Waals surface area contributed by atoms with Gasteiger partial charge in [0.25, 0.3) is 0 Å². The van der Waals surface area contributed by atoms with Gasteiger partial charge >= 0.3 is 12.1 Å². The summed E-state index contributed by atoms with van der Waals surface area (Å²) in [4.78, 5) is 33.8. The third kappa shape index (κ3) is 7.65. The van der Waals surface area contributed by atoms with Crippen molar-refractivity contribution in [2.75, 3.05) is 6.61 Å². The van der Waals surface area contributed by atoms with Gasteiger partial charge in [-0.25, -0.2) is 4.79 Å². The van der Waals surface area contributed by atoms with E-state index in [9.17, 15) is 14.4 Å². The summed E-state index contributed by atoms with van der Waals surface area (Å²) in [6, 6.07) is -0.867. The number of amides is 1. The maximum Gasteiger partial charge on any atom is 0.408 e. The number of carbonyl (C=O) groups is 3. The maximum atomic E-state index is 11.6. The zero-order valence-electron chi connectivity index (χ0n) is 11.5. The predicted octanol–water partition coefficient (Wildman–Crippen LogP) is 1.42. The van der Waals surface area contributed by atoms with Crippen LogP contribution in [0, 0.1) is 0 Å². The summed E-state index contributed by atoms with van der Waals surface area (Å²) < 4.78 is 9.75. The molecule has 0 fully saturated rings. The number of rotatable bonds is 5. The minimum Gasteiger partial charge on any atom is -0.463 e. The molecular formula is C12H21NO5. The molecule has 1 N–H and O–H groups in total. The van der Waals surface area contributed by atoms with Gasteiger partial charge in [0.2, 0.25) is 0 Å². The summed E-state index contributed by atoms with van der Waals surface area (Å²) in [5, 5.41) is 2.39. The second-order valence-electron chi connectivity index (χ2n) is 4.82. The van der Waals surface area contributed by atoms with E-state index in [4.69, 9.17) is 9.47 Å². The summed E-state index contributed by atoms with van der Waals surface area (Å²) in [5.74, 6) is -0.725. The van der Waals surface area contributed by atoms with E-state index in [0.29, 0.717) is 0 Å². The molecule has 0 aliphatic rings. The van der Waals surface area contributed by atoms with Gasteiger partial charge in [0.05, 0.1) is 0 Å². The maximum absolute atomic E-state index is 11.6. The molecule has 0 spiro atoms. The zero-order valence-corrected chi connectivity index (χ0v) is 11.5. The van der Waals surface area contributed by atoms with Gasteiger partial charge in [0, 0.05) is 13.3 Å². The van der Waals surface area contributed by atoms with E-state index in [-0.39, 0.29) is 18.8 Å². The fraction of sp³-hybridized carbons (Fsp3) is 0.750. The molecule has 0 radical (unpaired) electrons. The highest BCUT2D eigenvalue weighted by atomic mass is 16.6. The summed E-state index contributed by atoms with van der Waals surface area (Å²) in [7, 11) is 0. The van der Waals surface area contributed by atoms with Crippen molar-refractivity contribution in [2.45, 2.75) is 52.7 Å². The monoisotopic (exact) mass is 259 g/mol. The van der Waals surface area contributed by atoms with E-state index in [0.717, 1.165) is 0 Å². The Hall–Kier alpha value is -1.59. The molecule has 104 valence electrons. The van der Waals surface area contributed by atoms with Crippen LogP contribution in [0.1, 0.15) is 41.0 Å². The van der Waals surface area contributed by atoms with Crippen LogP contribution in [0.4, 0.5) is 4.79 Å². The Morgan fingerprint density at radius 2 is 1.78 bits per heavy atom. The molecule has 0 rings (SSSR count). The second kappa shape index (κ2) is 6.98. The van der Waals surface area contributed by atoms with Crippen molar-refractivity contribution in [1.82, 2.24) is 5.32 Å². The number of ketones is 1. The quantitative estimate of drug-likeness (QED) is 0.755. The Bertz CT molecular complexity index is 319. The van der Waals surface area contributed by atoms with Crippen LogP contribution < -0.4 is 5.32 Å². The third-order valence-corrected chi connectivity index (χ3v) is 1.88. The number of ether oxygens (including phenoxy) is 2. The summed E-state index contributed by atoms with van der Waals surface area (Å²) in [5.41, 5.74) is -0.647. The van der Waals surface area contributed by atoms with E-state index in [1.807, 2.05) is 0 Å². The lowest BCUT2D eigenvalue weighted by Crippen LogP contribution is -2.46. The van der Waals surface area contributed by atoms with Crippen molar-refractivity contribution < 1.29 is 23.9 Å². The summed E-state index contributed by atoms with van der Waals surface area (Å²) >= 11 is 0. The Morgan fingerprint density at radius 3 is 2.17 bits per heavy atom. The van der Waals surface area contributed by atoms with Gasteiger partial charge in [-0.2, -0.15) is 0 Å². The molecule has 1 unspecified atom stereocenters. The van der Waals surface area contributed by atoms with Crippen molar-refractivity contribution >= 4 is 17.8 Å². The van der Waals surface area contributed by atoms with Crippen LogP contribution in [0.5, 0.6) is 0 Å². The minimum atomic E-state index is -0.867. The van der Waals surface area contributed by atoms with E-state index in [2.05, 4.69) is 5.32 Å². The molecule has 6 heteroatoms. The lowest BCUT2D eigenvalue weighted by Gasteiger charge is -2.22. The van der Waals surface area contributed by atoms with Gasteiger partial charge in [0.1, 0.15) is 18.2 Å². The Morgan fingerprint density at radius 1 is 1.22 bits per heavy atom. The molecule has 6 nitrogen and oxygen atoms in total. The normalized spacial score (nSPS) is 12.5. The highest BCUT2D eigenvalue weighted by Crippen LogP contribution is 2.07. The standard InChI is InChI=1S/C12H21NO5/c1-6-10(15)9(7-17-8(2)14)13-11(16)18-12(3,4)5/h9H,6-7H2,1-5H3,(H,13,16). The van der Waals surface area contributed by atoms with Crippen molar-refractivity contribution in [1.29, 1.82) is 0 Å². The number of hydrogen-bond acceptors (Lipinski definition) is 5. The topological polar surface area (TPSA) is 81.7 Å². The minimum absolute atomic E-state index is 0.179. The lowest BCUT2D eigenvalue weighted by atomic mass is 10.1.